The fraction of sp³-hybridized carbons (Fsp3) is 0.560. The minimum atomic E-state index is 0.0269. The zero-order valence-electron chi connectivity index (χ0n) is 20.0. The van der Waals surface area contributed by atoms with Gasteiger partial charge in [-0.25, -0.2) is 0 Å². The van der Waals surface area contributed by atoms with Crippen molar-refractivity contribution in [1.82, 2.24) is 20.0 Å². The lowest BCUT2D eigenvalue weighted by molar-refractivity contribution is -0.131. The molecule has 2 aromatic rings. The van der Waals surface area contributed by atoms with Crippen LogP contribution in [0.1, 0.15) is 49.2 Å². The standard InChI is InChI=1S/C25H36N4O3/c1-17(2)16-29-19(4)22(18(3)27-29)15-24(30)26-21-10-12-28(13-11-21)25(31)14-20-8-6-7-9-23(20)32-5/h6-9,17,21H,10-16H2,1-5H3,(H,26,30). The summed E-state index contributed by atoms with van der Waals surface area (Å²) in [5.41, 5.74) is 3.92. The molecule has 2 heterocycles. The van der Waals surface area contributed by atoms with Gasteiger partial charge in [0.05, 0.1) is 25.6 Å². The largest absolute Gasteiger partial charge is 0.496 e. The number of nitrogens with zero attached hydrogens (tertiary/aromatic N) is 3. The molecule has 0 unspecified atom stereocenters. The second-order valence-electron chi connectivity index (χ2n) is 9.11. The highest BCUT2D eigenvalue weighted by atomic mass is 16.5. The van der Waals surface area contributed by atoms with Gasteiger partial charge in [-0.15, -0.1) is 0 Å². The molecule has 1 N–H and O–H groups in total. The fourth-order valence-corrected chi connectivity index (χ4v) is 4.35. The molecule has 1 saturated heterocycles. The van der Waals surface area contributed by atoms with Crippen LogP contribution in [0.2, 0.25) is 0 Å². The molecule has 1 aliphatic rings. The van der Waals surface area contributed by atoms with Crippen molar-refractivity contribution < 1.29 is 14.3 Å². The zero-order valence-corrected chi connectivity index (χ0v) is 20.0. The van der Waals surface area contributed by atoms with Crippen molar-refractivity contribution in [2.75, 3.05) is 20.2 Å². The Morgan fingerprint density at radius 3 is 2.50 bits per heavy atom. The molecule has 32 heavy (non-hydrogen) atoms. The number of aryl methyl sites for hydroxylation is 1. The molecule has 0 radical (unpaired) electrons. The molecule has 0 atom stereocenters. The molecule has 0 bridgehead atoms. The third kappa shape index (κ3) is 5.90. The van der Waals surface area contributed by atoms with E-state index in [-0.39, 0.29) is 17.9 Å². The Morgan fingerprint density at radius 2 is 1.84 bits per heavy atom. The van der Waals surface area contributed by atoms with E-state index < -0.39 is 0 Å². The van der Waals surface area contributed by atoms with Gasteiger partial charge in [0.2, 0.25) is 11.8 Å². The van der Waals surface area contributed by atoms with Crippen LogP contribution in [0, 0.1) is 19.8 Å². The highest BCUT2D eigenvalue weighted by Crippen LogP contribution is 2.20. The van der Waals surface area contributed by atoms with Crippen molar-refractivity contribution in [3.05, 3.63) is 46.8 Å². The molecule has 3 rings (SSSR count). The Balaban J connectivity index is 1.49. The first-order chi connectivity index (χ1) is 15.3. The number of hydrogen-bond donors (Lipinski definition) is 1. The molecule has 0 saturated carbocycles. The Bertz CT molecular complexity index is 943. The van der Waals surface area contributed by atoms with Crippen molar-refractivity contribution in [1.29, 1.82) is 0 Å². The summed E-state index contributed by atoms with van der Waals surface area (Å²) in [5, 5.41) is 7.78. The normalized spacial score (nSPS) is 14.6. The van der Waals surface area contributed by atoms with E-state index in [4.69, 9.17) is 4.74 Å². The van der Waals surface area contributed by atoms with E-state index in [1.807, 2.05) is 47.7 Å². The lowest BCUT2D eigenvalue weighted by atomic mass is 10.0. The molecule has 1 aromatic heterocycles. The average Bonchev–Trinajstić information content (AvgIpc) is 3.01. The van der Waals surface area contributed by atoms with Crippen LogP contribution in [0.5, 0.6) is 5.75 Å². The van der Waals surface area contributed by atoms with Crippen molar-refractivity contribution in [2.24, 2.45) is 5.92 Å². The summed E-state index contributed by atoms with van der Waals surface area (Å²) in [5.74, 6) is 1.37. The molecule has 174 valence electrons. The molecule has 1 fully saturated rings. The summed E-state index contributed by atoms with van der Waals surface area (Å²) < 4.78 is 7.36. The maximum Gasteiger partial charge on any atom is 0.227 e. The van der Waals surface area contributed by atoms with Gasteiger partial charge in [0.25, 0.3) is 0 Å². The lowest BCUT2D eigenvalue weighted by Crippen LogP contribution is -2.47. The number of nitrogens with one attached hydrogen (secondary N) is 1. The van der Waals surface area contributed by atoms with Crippen LogP contribution < -0.4 is 10.1 Å². The van der Waals surface area contributed by atoms with Crippen molar-refractivity contribution >= 4 is 11.8 Å². The first-order valence-electron chi connectivity index (χ1n) is 11.5. The van der Waals surface area contributed by atoms with Crippen molar-refractivity contribution in [2.45, 2.75) is 66.0 Å². The molecule has 0 spiro atoms. The van der Waals surface area contributed by atoms with Crippen LogP contribution in [0.3, 0.4) is 0 Å². The quantitative estimate of drug-likeness (QED) is 0.685. The van der Waals surface area contributed by atoms with Crippen molar-refractivity contribution in [3.63, 3.8) is 0 Å². The van der Waals surface area contributed by atoms with Gasteiger partial charge >= 0.3 is 0 Å². The minimum absolute atomic E-state index is 0.0269. The summed E-state index contributed by atoms with van der Waals surface area (Å²) in [6.45, 7) is 10.5. The summed E-state index contributed by atoms with van der Waals surface area (Å²) >= 11 is 0. The predicted molar refractivity (Wildman–Crippen MR) is 125 cm³/mol. The number of benzene rings is 1. The van der Waals surface area contributed by atoms with Crippen LogP contribution in [0.4, 0.5) is 0 Å². The number of rotatable bonds is 8. The Kier molecular flexibility index (Phi) is 7.94. The SMILES string of the molecule is COc1ccccc1CC(=O)N1CCC(NC(=O)Cc2c(C)nn(CC(C)C)c2C)CC1. The smallest absolute Gasteiger partial charge is 0.227 e. The summed E-state index contributed by atoms with van der Waals surface area (Å²) in [6.07, 6.45) is 2.23. The fourth-order valence-electron chi connectivity index (χ4n) is 4.35. The summed E-state index contributed by atoms with van der Waals surface area (Å²) in [6, 6.07) is 7.73. The molecular weight excluding hydrogens is 404 g/mol. The van der Waals surface area contributed by atoms with Gasteiger partial charge in [-0.05, 0) is 38.7 Å². The number of para-hydroxylation sites is 1. The van der Waals surface area contributed by atoms with Gasteiger partial charge in [0.1, 0.15) is 5.75 Å². The predicted octanol–water partition coefficient (Wildman–Crippen LogP) is 3.06. The minimum Gasteiger partial charge on any atom is -0.496 e. The van der Waals surface area contributed by atoms with Gasteiger partial charge in [-0.3, -0.25) is 14.3 Å². The molecule has 1 aliphatic heterocycles. The second kappa shape index (κ2) is 10.7. The third-order valence-corrected chi connectivity index (χ3v) is 6.15. The van der Waals surface area contributed by atoms with Crippen LogP contribution >= 0.6 is 0 Å². The number of likely N-dealkylation sites (tertiary alicyclic amines) is 1. The Labute approximate surface area is 191 Å². The number of amides is 2. The van der Waals surface area contributed by atoms with Gasteiger partial charge in [-0.1, -0.05) is 32.0 Å². The highest BCUT2D eigenvalue weighted by molar-refractivity contribution is 5.80. The van der Waals surface area contributed by atoms with Gasteiger partial charge < -0.3 is 15.0 Å². The lowest BCUT2D eigenvalue weighted by Gasteiger charge is -2.32. The van der Waals surface area contributed by atoms with Gasteiger partial charge in [-0.2, -0.15) is 5.10 Å². The summed E-state index contributed by atoms with van der Waals surface area (Å²) in [7, 11) is 1.62. The first-order valence-corrected chi connectivity index (χ1v) is 11.5. The maximum atomic E-state index is 12.7. The first kappa shape index (κ1) is 23.8. The van der Waals surface area contributed by atoms with Gasteiger partial charge in [0.15, 0.2) is 0 Å². The van der Waals surface area contributed by atoms with E-state index in [0.717, 1.165) is 47.7 Å². The molecule has 0 aliphatic carbocycles. The van der Waals surface area contributed by atoms with E-state index in [0.29, 0.717) is 31.8 Å². The molecule has 7 heteroatoms. The van der Waals surface area contributed by atoms with Crippen molar-refractivity contribution in [3.8, 4) is 5.75 Å². The highest BCUT2D eigenvalue weighted by Gasteiger charge is 2.25. The number of carbonyl (C=O) groups excluding carboxylic acids is 2. The number of ether oxygens (including phenoxy) is 1. The molecule has 1 aromatic carbocycles. The van der Waals surface area contributed by atoms with Crippen LogP contribution in [0.25, 0.3) is 0 Å². The molecule has 7 nitrogen and oxygen atoms in total. The van der Waals surface area contributed by atoms with E-state index in [9.17, 15) is 9.59 Å². The van der Waals surface area contributed by atoms with Crippen LogP contribution in [0.15, 0.2) is 24.3 Å². The van der Waals surface area contributed by atoms with Crippen LogP contribution in [-0.2, 0) is 29.0 Å². The third-order valence-electron chi connectivity index (χ3n) is 6.15. The Hall–Kier alpha value is -2.83. The average molecular weight is 441 g/mol. The molecular formula is C25H36N4O3. The number of hydrogen-bond acceptors (Lipinski definition) is 4. The summed E-state index contributed by atoms with van der Waals surface area (Å²) in [4.78, 5) is 27.3. The van der Waals surface area contributed by atoms with Crippen LogP contribution in [-0.4, -0.2) is 52.7 Å². The number of methoxy groups -OCH3 is 1. The van der Waals surface area contributed by atoms with E-state index >= 15 is 0 Å². The molecule has 2 amide bonds. The van der Waals surface area contributed by atoms with E-state index in [1.54, 1.807) is 7.11 Å². The number of aromatic nitrogens is 2. The van der Waals surface area contributed by atoms with Gasteiger partial charge in [0, 0.05) is 42.5 Å². The monoisotopic (exact) mass is 440 g/mol. The maximum absolute atomic E-state index is 12.7. The second-order valence-corrected chi connectivity index (χ2v) is 9.11. The Morgan fingerprint density at radius 1 is 1.16 bits per heavy atom. The topological polar surface area (TPSA) is 76.5 Å². The zero-order chi connectivity index (χ0) is 23.3. The van der Waals surface area contributed by atoms with E-state index in [1.165, 1.54) is 0 Å². The number of piperidine rings is 1. The number of carbonyl (C=O) groups is 2. The van der Waals surface area contributed by atoms with E-state index in [2.05, 4.69) is 24.3 Å².